The van der Waals surface area contributed by atoms with E-state index >= 15 is 0 Å². The summed E-state index contributed by atoms with van der Waals surface area (Å²) < 4.78 is 0. The van der Waals surface area contributed by atoms with Crippen LogP contribution in [0.1, 0.15) is 48.1 Å². The lowest BCUT2D eigenvalue weighted by Gasteiger charge is -2.36. The van der Waals surface area contributed by atoms with Crippen LogP contribution in [0.15, 0.2) is 60.7 Å². The fraction of sp³-hybridized carbons (Fsp3) is 0.381. The van der Waals surface area contributed by atoms with Gasteiger partial charge in [0, 0.05) is 18.0 Å². The Balaban J connectivity index is 1.79. The second-order valence-corrected chi connectivity index (χ2v) is 6.64. The predicted octanol–water partition coefficient (Wildman–Crippen LogP) is 4.73. The summed E-state index contributed by atoms with van der Waals surface area (Å²) in [4.78, 5) is 15.2. The van der Waals surface area contributed by atoms with Gasteiger partial charge in [-0.2, -0.15) is 0 Å². The molecule has 1 atom stereocenters. The summed E-state index contributed by atoms with van der Waals surface area (Å²) in [6.45, 7) is 4.50. The van der Waals surface area contributed by atoms with Crippen LogP contribution in [0.2, 0.25) is 0 Å². The largest absolute Gasteiger partial charge is 0.296 e. The highest BCUT2D eigenvalue weighted by Gasteiger charge is 2.26. The zero-order valence-corrected chi connectivity index (χ0v) is 13.8. The molecule has 0 spiro atoms. The number of hydrogen-bond donors (Lipinski definition) is 0. The van der Waals surface area contributed by atoms with Crippen molar-refractivity contribution in [2.24, 2.45) is 5.92 Å². The minimum absolute atomic E-state index is 0.191. The van der Waals surface area contributed by atoms with Crippen LogP contribution in [0.4, 0.5) is 0 Å². The van der Waals surface area contributed by atoms with E-state index in [1.54, 1.807) is 0 Å². The average molecular weight is 307 g/mol. The van der Waals surface area contributed by atoms with E-state index in [0.717, 1.165) is 24.6 Å². The number of rotatable bonds is 5. The number of nitrogens with zero attached hydrogens (tertiary/aromatic N) is 1. The molecule has 2 aromatic carbocycles. The minimum Gasteiger partial charge on any atom is -0.296 e. The summed E-state index contributed by atoms with van der Waals surface area (Å²) in [6.07, 6.45) is 3.01. The van der Waals surface area contributed by atoms with Gasteiger partial charge in [-0.1, -0.05) is 67.6 Å². The second kappa shape index (κ2) is 7.56. The molecule has 0 saturated carbocycles. The molecule has 0 N–H and O–H groups in total. The van der Waals surface area contributed by atoms with Crippen molar-refractivity contribution in [1.82, 2.24) is 4.90 Å². The first-order valence-corrected chi connectivity index (χ1v) is 8.61. The second-order valence-electron chi connectivity index (χ2n) is 6.64. The highest BCUT2D eigenvalue weighted by molar-refractivity contribution is 5.96. The normalized spacial score (nSPS) is 17.8. The summed E-state index contributed by atoms with van der Waals surface area (Å²) in [5, 5.41) is 0. The standard InChI is InChI=1S/C21H25NO/c1-17-12-14-22(15-13-17)20(18-8-4-2-5-9-18)16-21(23)19-10-6-3-7-11-19/h2-11,17,20H,12-16H2,1H3. The van der Waals surface area contributed by atoms with Gasteiger partial charge in [-0.05, 0) is 37.4 Å². The highest BCUT2D eigenvalue weighted by atomic mass is 16.1. The molecule has 0 amide bonds. The predicted molar refractivity (Wildman–Crippen MR) is 94.5 cm³/mol. The molecule has 120 valence electrons. The summed E-state index contributed by atoms with van der Waals surface area (Å²) in [6, 6.07) is 20.4. The summed E-state index contributed by atoms with van der Waals surface area (Å²) in [5.74, 6) is 1.03. The van der Waals surface area contributed by atoms with Crippen LogP contribution in [0.5, 0.6) is 0 Å². The van der Waals surface area contributed by atoms with Gasteiger partial charge in [-0.3, -0.25) is 9.69 Å². The van der Waals surface area contributed by atoms with Gasteiger partial charge in [0.2, 0.25) is 0 Å². The van der Waals surface area contributed by atoms with Gasteiger partial charge in [-0.25, -0.2) is 0 Å². The lowest BCUT2D eigenvalue weighted by Crippen LogP contribution is -2.37. The number of ketones is 1. The molecule has 1 fully saturated rings. The van der Waals surface area contributed by atoms with Gasteiger partial charge in [0.05, 0.1) is 0 Å². The van der Waals surface area contributed by atoms with Crippen molar-refractivity contribution in [3.8, 4) is 0 Å². The third-order valence-electron chi connectivity index (χ3n) is 4.92. The Morgan fingerprint density at radius 3 is 2.17 bits per heavy atom. The molecule has 0 aromatic heterocycles. The first-order chi connectivity index (χ1) is 11.2. The van der Waals surface area contributed by atoms with Gasteiger partial charge >= 0.3 is 0 Å². The fourth-order valence-corrected chi connectivity index (χ4v) is 3.39. The molecule has 0 bridgehead atoms. The molecular formula is C21H25NO. The monoisotopic (exact) mass is 307 g/mol. The van der Waals surface area contributed by atoms with Crippen molar-refractivity contribution in [2.45, 2.75) is 32.2 Å². The molecule has 2 nitrogen and oxygen atoms in total. The van der Waals surface area contributed by atoms with E-state index in [-0.39, 0.29) is 11.8 Å². The Morgan fingerprint density at radius 2 is 1.57 bits per heavy atom. The topological polar surface area (TPSA) is 20.3 Å². The lowest BCUT2D eigenvalue weighted by molar-refractivity contribution is 0.0869. The molecule has 0 aliphatic carbocycles. The minimum atomic E-state index is 0.191. The molecule has 23 heavy (non-hydrogen) atoms. The summed E-state index contributed by atoms with van der Waals surface area (Å²) in [5.41, 5.74) is 2.07. The van der Waals surface area contributed by atoms with Crippen LogP contribution in [-0.4, -0.2) is 23.8 Å². The SMILES string of the molecule is CC1CCN(C(CC(=O)c2ccccc2)c2ccccc2)CC1. The van der Waals surface area contributed by atoms with Crippen molar-refractivity contribution in [3.05, 3.63) is 71.8 Å². The Labute approximate surface area is 139 Å². The number of Topliss-reactive ketones (excluding diaryl/α,β-unsaturated/α-hetero) is 1. The van der Waals surface area contributed by atoms with Crippen LogP contribution < -0.4 is 0 Å². The van der Waals surface area contributed by atoms with Crippen LogP contribution >= 0.6 is 0 Å². The number of likely N-dealkylation sites (tertiary alicyclic amines) is 1. The van der Waals surface area contributed by atoms with Gasteiger partial charge in [0.15, 0.2) is 5.78 Å². The summed E-state index contributed by atoms with van der Waals surface area (Å²) in [7, 11) is 0. The molecule has 1 aliphatic heterocycles. The van der Waals surface area contributed by atoms with Crippen molar-refractivity contribution < 1.29 is 4.79 Å². The molecule has 1 saturated heterocycles. The molecule has 1 unspecified atom stereocenters. The maximum atomic E-state index is 12.7. The molecule has 2 aromatic rings. The highest BCUT2D eigenvalue weighted by Crippen LogP contribution is 2.30. The van der Waals surface area contributed by atoms with E-state index in [4.69, 9.17) is 0 Å². The van der Waals surface area contributed by atoms with Crippen LogP contribution in [0.25, 0.3) is 0 Å². The Kier molecular flexibility index (Phi) is 5.24. The molecule has 0 radical (unpaired) electrons. The maximum Gasteiger partial charge on any atom is 0.164 e. The van der Waals surface area contributed by atoms with Gasteiger partial charge < -0.3 is 0 Å². The first-order valence-electron chi connectivity index (χ1n) is 8.61. The lowest BCUT2D eigenvalue weighted by atomic mass is 9.92. The number of piperidine rings is 1. The average Bonchev–Trinajstić information content (AvgIpc) is 2.62. The van der Waals surface area contributed by atoms with E-state index in [2.05, 4.69) is 36.1 Å². The maximum absolute atomic E-state index is 12.7. The van der Waals surface area contributed by atoms with Crippen LogP contribution in [-0.2, 0) is 0 Å². The molecule has 1 heterocycles. The number of carbonyl (C=O) groups is 1. The Hall–Kier alpha value is -1.93. The van der Waals surface area contributed by atoms with Crippen molar-refractivity contribution in [1.29, 1.82) is 0 Å². The molecule has 3 rings (SSSR count). The van der Waals surface area contributed by atoms with Crippen molar-refractivity contribution >= 4 is 5.78 Å². The fourth-order valence-electron chi connectivity index (χ4n) is 3.39. The van der Waals surface area contributed by atoms with E-state index in [1.807, 2.05) is 36.4 Å². The molecule has 1 aliphatic rings. The Morgan fingerprint density at radius 1 is 1.00 bits per heavy atom. The number of carbonyl (C=O) groups excluding carboxylic acids is 1. The van der Waals surface area contributed by atoms with Crippen LogP contribution in [0, 0.1) is 5.92 Å². The third kappa shape index (κ3) is 4.08. The van der Waals surface area contributed by atoms with E-state index < -0.39 is 0 Å². The third-order valence-corrected chi connectivity index (χ3v) is 4.92. The smallest absolute Gasteiger partial charge is 0.164 e. The quantitative estimate of drug-likeness (QED) is 0.744. The number of benzene rings is 2. The summed E-state index contributed by atoms with van der Waals surface area (Å²) >= 11 is 0. The van der Waals surface area contributed by atoms with Gasteiger partial charge in [0.25, 0.3) is 0 Å². The zero-order valence-electron chi connectivity index (χ0n) is 13.8. The number of hydrogen-bond acceptors (Lipinski definition) is 2. The molecular weight excluding hydrogens is 282 g/mol. The van der Waals surface area contributed by atoms with E-state index in [0.29, 0.717) is 6.42 Å². The van der Waals surface area contributed by atoms with Crippen LogP contribution in [0.3, 0.4) is 0 Å². The van der Waals surface area contributed by atoms with E-state index in [9.17, 15) is 4.79 Å². The van der Waals surface area contributed by atoms with Gasteiger partial charge in [-0.15, -0.1) is 0 Å². The first kappa shape index (κ1) is 15.9. The molecule has 2 heteroatoms. The van der Waals surface area contributed by atoms with Crippen molar-refractivity contribution in [2.75, 3.05) is 13.1 Å². The Bertz CT molecular complexity index is 615. The van der Waals surface area contributed by atoms with Crippen molar-refractivity contribution in [3.63, 3.8) is 0 Å². The van der Waals surface area contributed by atoms with E-state index in [1.165, 1.54) is 18.4 Å². The zero-order chi connectivity index (χ0) is 16.1. The van der Waals surface area contributed by atoms with Gasteiger partial charge in [0.1, 0.15) is 0 Å².